The molecule has 1 aliphatic rings. The van der Waals surface area contributed by atoms with Crippen molar-refractivity contribution in [2.75, 3.05) is 0 Å². The maximum absolute atomic E-state index is 13.6. The van der Waals surface area contributed by atoms with Crippen LogP contribution in [0.15, 0.2) is 182 Å². The van der Waals surface area contributed by atoms with Gasteiger partial charge in [0.05, 0.1) is 0 Å². The van der Waals surface area contributed by atoms with Crippen LogP contribution in [0, 0.1) is 29.8 Å². The molecule has 10 rings (SSSR count). The molecule has 3 aromatic heterocycles. The molecule has 330 valence electrons. The third-order valence-electron chi connectivity index (χ3n) is 13.1. The van der Waals surface area contributed by atoms with Gasteiger partial charge < -0.3 is 15.0 Å². The normalized spacial score (nSPS) is 14.6. The van der Waals surface area contributed by atoms with Crippen molar-refractivity contribution in [1.82, 2.24) is 15.0 Å². The van der Waals surface area contributed by atoms with E-state index in [2.05, 4.69) is 128 Å². The van der Waals surface area contributed by atoms with Crippen LogP contribution < -0.4 is 0 Å². The summed E-state index contributed by atoms with van der Waals surface area (Å²) in [6.07, 6.45) is 13.8. The number of rotatable bonds is 13. The minimum atomic E-state index is -0.312. The molecule has 0 saturated heterocycles. The van der Waals surface area contributed by atoms with E-state index in [-0.39, 0.29) is 31.7 Å². The Balaban J connectivity index is 0.00000562. The van der Waals surface area contributed by atoms with E-state index in [1.807, 2.05) is 36.7 Å². The third kappa shape index (κ3) is 10.9. The third-order valence-corrected chi connectivity index (χ3v) is 13.1. The number of halogens is 2. The Hall–Kier alpha value is -6.72. The summed E-state index contributed by atoms with van der Waals surface area (Å²) in [5.74, 6) is 0.357. The Kier molecular flexibility index (Phi) is 14.4. The Morgan fingerprint density at radius 1 is 0.433 bits per heavy atom. The van der Waals surface area contributed by atoms with Crippen LogP contribution in [0.4, 0.5) is 8.78 Å². The number of hydrogen-bond acceptors (Lipinski definition) is 3. The van der Waals surface area contributed by atoms with Crippen molar-refractivity contribution >= 4 is 0 Å². The van der Waals surface area contributed by atoms with Gasteiger partial charge in [-0.05, 0) is 130 Å². The number of nitrogens with zero attached hydrogens (tertiary/aromatic N) is 3. The molecule has 1 fully saturated rings. The van der Waals surface area contributed by atoms with Crippen molar-refractivity contribution in [3.05, 3.63) is 246 Å². The van der Waals surface area contributed by atoms with E-state index < -0.39 is 0 Å². The molecule has 9 aromatic rings. The zero-order valence-electron chi connectivity index (χ0n) is 37.1. The molecule has 67 heavy (non-hydrogen) atoms. The summed E-state index contributed by atoms with van der Waals surface area (Å²) >= 11 is 0. The van der Waals surface area contributed by atoms with Gasteiger partial charge in [0.25, 0.3) is 0 Å². The minimum absolute atomic E-state index is 0. The topological polar surface area (TPSA) is 38.7 Å². The van der Waals surface area contributed by atoms with Crippen LogP contribution in [-0.4, -0.2) is 15.0 Å². The fourth-order valence-electron chi connectivity index (χ4n) is 9.54. The Morgan fingerprint density at radius 2 is 0.970 bits per heavy atom. The standard InChI is InChI=1S/C61H48F2N3.Ir/c62-53-29-25-50(26-30-53)59-33-19-42(39-64-59)15-17-44-35-45(18-16-43-20-34-60(65-40-43)51-27-31-54(63)32-28-51)37-52(36-44)55-13-7-8-14-56(55)58-41-66-61(49-11-5-2-6-12-49)38-57(58)48-23-21-47(22-24-48)46-9-3-1-4-10-46;/h1-11,13-14,19-20,25,27,29-41,47-48H,15-18,21-24H2;/q-3;+3. The van der Waals surface area contributed by atoms with Gasteiger partial charge in [-0.1, -0.05) is 103 Å². The first-order chi connectivity index (χ1) is 32.5. The first kappa shape index (κ1) is 45.4. The molecule has 0 spiro atoms. The number of hydrogen-bond donors (Lipinski definition) is 0. The Bertz CT molecular complexity index is 2910. The van der Waals surface area contributed by atoms with Gasteiger partial charge in [0.2, 0.25) is 0 Å². The van der Waals surface area contributed by atoms with E-state index in [9.17, 15) is 8.78 Å². The zero-order valence-corrected chi connectivity index (χ0v) is 39.5. The van der Waals surface area contributed by atoms with Gasteiger partial charge >= 0.3 is 20.1 Å². The van der Waals surface area contributed by atoms with Crippen molar-refractivity contribution in [2.24, 2.45) is 0 Å². The molecule has 0 unspecified atom stereocenters. The molecule has 0 amide bonds. The zero-order chi connectivity index (χ0) is 44.7. The van der Waals surface area contributed by atoms with Gasteiger partial charge in [-0.3, -0.25) is 8.78 Å². The van der Waals surface area contributed by atoms with Crippen molar-refractivity contribution < 1.29 is 28.9 Å². The predicted octanol–water partition coefficient (Wildman–Crippen LogP) is 14.9. The van der Waals surface area contributed by atoms with Gasteiger partial charge in [0, 0.05) is 35.8 Å². The monoisotopic (exact) mass is 1050 g/mol. The summed E-state index contributed by atoms with van der Waals surface area (Å²) in [6.45, 7) is 0. The average Bonchev–Trinajstić information content (AvgIpc) is 3.38. The van der Waals surface area contributed by atoms with E-state index in [0.29, 0.717) is 11.8 Å². The van der Waals surface area contributed by atoms with Crippen LogP contribution in [0.2, 0.25) is 0 Å². The summed E-state index contributed by atoms with van der Waals surface area (Å²) in [7, 11) is 0. The predicted molar refractivity (Wildman–Crippen MR) is 262 cm³/mol. The van der Waals surface area contributed by atoms with Gasteiger partial charge in [-0.2, -0.15) is 0 Å². The van der Waals surface area contributed by atoms with Crippen LogP contribution in [0.25, 0.3) is 56.0 Å². The molecule has 0 aliphatic heterocycles. The van der Waals surface area contributed by atoms with Crippen LogP contribution in [0.3, 0.4) is 0 Å². The first-order valence-corrected chi connectivity index (χ1v) is 23.0. The smallest absolute Gasteiger partial charge is 0.304 e. The van der Waals surface area contributed by atoms with Crippen molar-refractivity contribution in [2.45, 2.75) is 63.2 Å². The number of benzene rings is 6. The fraction of sp³-hybridized carbons (Fsp3) is 0.164. The van der Waals surface area contributed by atoms with Crippen molar-refractivity contribution in [1.29, 1.82) is 0 Å². The summed E-state index contributed by atoms with van der Waals surface area (Å²) in [6, 6.07) is 64.0. The molecular formula is C61H48F2IrN3. The molecule has 6 aromatic carbocycles. The molecule has 1 aliphatic carbocycles. The maximum atomic E-state index is 13.6. The van der Waals surface area contributed by atoms with Crippen molar-refractivity contribution in [3.63, 3.8) is 0 Å². The summed E-state index contributed by atoms with van der Waals surface area (Å²) in [5, 5.41) is 0. The molecule has 3 nitrogen and oxygen atoms in total. The van der Waals surface area contributed by atoms with Gasteiger partial charge in [-0.25, -0.2) is 0 Å². The molecular weight excluding hydrogens is 1000 g/mol. The van der Waals surface area contributed by atoms with Crippen LogP contribution in [0.1, 0.15) is 70.9 Å². The quantitative estimate of drug-likeness (QED) is 0.108. The number of aromatic nitrogens is 3. The second kappa shape index (κ2) is 21.3. The molecule has 3 heterocycles. The van der Waals surface area contributed by atoms with E-state index in [1.165, 1.54) is 68.8 Å². The number of aryl methyl sites for hydroxylation is 4. The Morgan fingerprint density at radius 3 is 1.52 bits per heavy atom. The summed E-state index contributed by atoms with van der Waals surface area (Å²) < 4.78 is 27.2. The summed E-state index contributed by atoms with van der Waals surface area (Å²) in [5.41, 5.74) is 17.3. The average molecular weight is 1050 g/mol. The molecule has 0 bridgehead atoms. The summed E-state index contributed by atoms with van der Waals surface area (Å²) in [4.78, 5) is 14.6. The Labute approximate surface area is 406 Å². The second-order valence-electron chi connectivity index (χ2n) is 17.4. The van der Waals surface area contributed by atoms with Crippen LogP contribution in [0.5, 0.6) is 0 Å². The van der Waals surface area contributed by atoms with Gasteiger partial charge in [0.15, 0.2) is 0 Å². The second-order valence-corrected chi connectivity index (χ2v) is 17.4. The van der Waals surface area contributed by atoms with E-state index in [0.717, 1.165) is 96.3 Å². The van der Waals surface area contributed by atoms with Crippen LogP contribution >= 0.6 is 0 Å². The SMILES string of the molecule is Fc1c[c-]c(-c2ccc(CCc3cc(CCc4ccc(-c5[c-]cc(F)cc5)nc4)cc(-c4ccccc4-c4cnc(-c5[c-]cccc5)cc4C4CCC(c5ccccc5)CC4)c3)cn2)cc1.[Ir+3]. The molecule has 1 saturated carbocycles. The fourth-order valence-corrected chi connectivity index (χ4v) is 9.54. The van der Waals surface area contributed by atoms with Gasteiger partial charge in [-0.15, -0.1) is 95.6 Å². The van der Waals surface area contributed by atoms with E-state index in [1.54, 1.807) is 12.1 Å². The maximum Gasteiger partial charge on any atom is 3.00 e. The van der Waals surface area contributed by atoms with Crippen molar-refractivity contribution in [3.8, 4) is 56.0 Å². The molecule has 0 radical (unpaired) electrons. The largest absolute Gasteiger partial charge is 3.00 e. The molecule has 0 atom stereocenters. The molecule has 6 heteroatoms. The number of pyridine rings is 3. The minimum Gasteiger partial charge on any atom is -0.304 e. The van der Waals surface area contributed by atoms with Gasteiger partial charge in [0.1, 0.15) is 0 Å². The molecule has 0 N–H and O–H groups in total. The van der Waals surface area contributed by atoms with E-state index in [4.69, 9.17) is 15.0 Å². The van der Waals surface area contributed by atoms with Crippen LogP contribution in [-0.2, 0) is 45.8 Å². The first-order valence-electron chi connectivity index (χ1n) is 23.0. The van der Waals surface area contributed by atoms with E-state index >= 15 is 0 Å².